The molecule has 0 saturated carbocycles. The number of aryl methyl sites for hydroxylation is 1. The molecule has 4 nitrogen and oxygen atoms in total. The van der Waals surface area contributed by atoms with Gasteiger partial charge in [0, 0.05) is 25.2 Å². The first-order valence-electron chi connectivity index (χ1n) is 7.62. The Morgan fingerprint density at radius 1 is 1.53 bits per heavy atom. The highest BCUT2D eigenvalue weighted by Gasteiger charge is 2.44. The van der Waals surface area contributed by atoms with Gasteiger partial charge in [-0.25, -0.2) is 0 Å². The number of nitrogens with one attached hydrogen (secondary N) is 1. The molecule has 0 spiro atoms. The summed E-state index contributed by atoms with van der Waals surface area (Å²) in [6.45, 7) is 3.32. The molecule has 0 radical (unpaired) electrons. The fourth-order valence-corrected chi connectivity index (χ4v) is 3.64. The van der Waals surface area contributed by atoms with Crippen molar-refractivity contribution >= 4 is 0 Å². The van der Waals surface area contributed by atoms with Crippen molar-refractivity contribution in [2.24, 2.45) is 13.0 Å². The topological polar surface area (TPSA) is 39.1 Å². The smallest absolute Gasteiger partial charge is 0.0623 e. The summed E-state index contributed by atoms with van der Waals surface area (Å²) >= 11 is 0. The Balaban J connectivity index is 1.66. The van der Waals surface area contributed by atoms with Gasteiger partial charge in [0.25, 0.3) is 0 Å². The standard InChI is InChI=1S/C15H25N3O/c1-3-6-16-14(7-11-9-17-18(2)10-11)13-8-12-4-5-15(13)19-12/h9-10,12-16H,3-8H2,1-2H3. The van der Waals surface area contributed by atoms with Crippen LogP contribution in [0.5, 0.6) is 0 Å². The summed E-state index contributed by atoms with van der Waals surface area (Å²) in [5, 5.41) is 8.02. The van der Waals surface area contributed by atoms with Crippen molar-refractivity contribution in [3.8, 4) is 0 Å². The summed E-state index contributed by atoms with van der Waals surface area (Å²) < 4.78 is 7.92. The van der Waals surface area contributed by atoms with Crippen molar-refractivity contribution < 1.29 is 4.74 Å². The molecular weight excluding hydrogens is 238 g/mol. The molecule has 2 aliphatic rings. The second kappa shape index (κ2) is 5.63. The van der Waals surface area contributed by atoms with Crippen LogP contribution in [0, 0.1) is 5.92 Å². The van der Waals surface area contributed by atoms with Crippen molar-refractivity contribution in [3.63, 3.8) is 0 Å². The van der Waals surface area contributed by atoms with Crippen LogP contribution in [0.25, 0.3) is 0 Å². The van der Waals surface area contributed by atoms with E-state index in [-0.39, 0.29) is 0 Å². The Hall–Kier alpha value is -0.870. The van der Waals surface area contributed by atoms with E-state index < -0.39 is 0 Å². The molecule has 106 valence electrons. The van der Waals surface area contributed by atoms with Gasteiger partial charge in [0.2, 0.25) is 0 Å². The number of nitrogens with zero attached hydrogens (tertiary/aromatic N) is 2. The van der Waals surface area contributed by atoms with Crippen molar-refractivity contribution in [1.82, 2.24) is 15.1 Å². The summed E-state index contributed by atoms with van der Waals surface area (Å²) in [6.07, 6.45) is 11.2. The molecule has 2 fully saturated rings. The molecule has 1 N–H and O–H groups in total. The zero-order chi connectivity index (χ0) is 13.2. The molecule has 1 aromatic heterocycles. The SMILES string of the molecule is CCCNC(Cc1cnn(C)c1)C1CC2CCC1O2. The van der Waals surface area contributed by atoms with E-state index >= 15 is 0 Å². The van der Waals surface area contributed by atoms with E-state index in [1.54, 1.807) is 0 Å². The molecule has 2 bridgehead atoms. The molecule has 4 atom stereocenters. The molecule has 3 rings (SSSR count). The van der Waals surface area contributed by atoms with Gasteiger partial charge in [-0.05, 0) is 44.2 Å². The Kier molecular flexibility index (Phi) is 3.89. The van der Waals surface area contributed by atoms with Crippen molar-refractivity contribution in [3.05, 3.63) is 18.0 Å². The Bertz CT molecular complexity index is 417. The summed E-state index contributed by atoms with van der Waals surface area (Å²) in [4.78, 5) is 0. The van der Waals surface area contributed by atoms with Crippen LogP contribution in [0.15, 0.2) is 12.4 Å². The maximum absolute atomic E-state index is 6.03. The third-order valence-electron chi connectivity index (χ3n) is 4.54. The van der Waals surface area contributed by atoms with Crippen LogP contribution in [0.1, 0.15) is 38.2 Å². The average molecular weight is 263 g/mol. The number of hydrogen-bond donors (Lipinski definition) is 1. The fraction of sp³-hybridized carbons (Fsp3) is 0.800. The van der Waals surface area contributed by atoms with Crippen molar-refractivity contribution in [2.45, 2.75) is 57.3 Å². The number of hydrogen-bond acceptors (Lipinski definition) is 3. The van der Waals surface area contributed by atoms with Crippen LogP contribution in [-0.2, 0) is 18.2 Å². The van der Waals surface area contributed by atoms with Gasteiger partial charge in [-0.3, -0.25) is 4.68 Å². The maximum atomic E-state index is 6.03. The number of ether oxygens (including phenoxy) is 1. The average Bonchev–Trinajstić information content (AvgIpc) is 3.10. The molecule has 4 unspecified atom stereocenters. The minimum atomic E-state index is 0.496. The van der Waals surface area contributed by atoms with Crippen molar-refractivity contribution in [2.75, 3.05) is 6.54 Å². The third-order valence-corrected chi connectivity index (χ3v) is 4.54. The minimum Gasteiger partial charge on any atom is -0.375 e. The first kappa shape index (κ1) is 13.1. The molecule has 4 heteroatoms. The molecule has 0 amide bonds. The number of fused-ring (bicyclic) bond motifs is 2. The lowest BCUT2D eigenvalue weighted by Crippen LogP contribution is -2.42. The van der Waals surface area contributed by atoms with E-state index in [4.69, 9.17) is 4.74 Å². The molecule has 1 aromatic rings. The van der Waals surface area contributed by atoms with E-state index in [2.05, 4.69) is 23.5 Å². The summed E-state index contributed by atoms with van der Waals surface area (Å²) in [6, 6.07) is 0.541. The summed E-state index contributed by atoms with van der Waals surface area (Å²) in [5.74, 6) is 0.686. The van der Waals surface area contributed by atoms with Gasteiger partial charge in [-0.2, -0.15) is 5.10 Å². The highest BCUT2D eigenvalue weighted by atomic mass is 16.5. The van der Waals surface area contributed by atoms with Crippen LogP contribution in [0.3, 0.4) is 0 Å². The number of rotatable bonds is 6. The van der Waals surface area contributed by atoms with E-state index in [1.165, 1.54) is 31.2 Å². The van der Waals surface area contributed by atoms with Gasteiger partial charge >= 0.3 is 0 Å². The highest BCUT2D eigenvalue weighted by molar-refractivity contribution is 5.08. The van der Waals surface area contributed by atoms with Gasteiger partial charge in [0.05, 0.1) is 18.4 Å². The van der Waals surface area contributed by atoms with Crippen LogP contribution in [0.2, 0.25) is 0 Å². The molecule has 2 aliphatic heterocycles. The van der Waals surface area contributed by atoms with Gasteiger partial charge in [0.15, 0.2) is 0 Å². The molecular formula is C15H25N3O. The van der Waals surface area contributed by atoms with Gasteiger partial charge in [0.1, 0.15) is 0 Å². The summed E-state index contributed by atoms with van der Waals surface area (Å²) in [7, 11) is 1.98. The second-order valence-electron chi connectivity index (χ2n) is 6.06. The predicted octanol–water partition coefficient (Wildman–Crippen LogP) is 1.90. The third kappa shape index (κ3) is 2.84. The zero-order valence-electron chi connectivity index (χ0n) is 12.0. The second-order valence-corrected chi connectivity index (χ2v) is 6.06. The number of aromatic nitrogens is 2. The van der Waals surface area contributed by atoms with E-state index in [0.29, 0.717) is 24.2 Å². The largest absolute Gasteiger partial charge is 0.375 e. The minimum absolute atomic E-state index is 0.496. The maximum Gasteiger partial charge on any atom is 0.0623 e. The van der Waals surface area contributed by atoms with E-state index in [9.17, 15) is 0 Å². The van der Waals surface area contributed by atoms with E-state index in [1.807, 2.05) is 17.9 Å². The monoisotopic (exact) mass is 263 g/mol. The van der Waals surface area contributed by atoms with Gasteiger partial charge < -0.3 is 10.1 Å². The molecule has 2 saturated heterocycles. The van der Waals surface area contributed by atoms with E-state index in [0.717, 1.165) is 13.0 Å². The molecule has 0 aliphatic carbocycles. The molecule has 3 heterocycles. The van der Waals surface area contributed by atoms with Crippen LogP contribution in [-0.4, -0.2) is 34.6 Å². The van der Waals surface area contributed by atoms with Crippen LogP contribution in [0.4, 0.5) is 0 Å². The summed E-state index contributed by atoms with van der Waals surface area (Å²) in [5.41, 5.74) is 1.33. The normalized spacial score (nSPS) is 30.9. The predicted molar refractivity (Wildman–Crippen MR) is 75.0 cm³/mol. The quantitative estimate of drug-likeness (QED) is 0.852. The lowest BCUT2D eigenvalue weighted by atomic mass is 9.81. The fourth-order valence-electron chi connectivity index (χ4n) is 3.64. The zero-order valence-corrected chi connectivity index (χ0v) is 12.0. The van der Waals surface area contributed by atoms with Crippen LogP contribution < -0.4 is 5.32 Å². The molecule has 0 aromatic carbocycles. The first-order chi connectivity index (χ1) is 9.26. The Morgan fingerprint density at radius 2 is 2.42 bits per heavy atom. The Morgan fingerprint density at radius 3 is 3.00 bits per heavy atom. The van der Waals surface area contributed by atoms with Crippen LogP contribution >= 0.6 is 0 Å². The Labute approximate surface area is 115 Å². The lowest BCUT2D eigenvalue weighted by Gasteiger charge is -2.29. The van der Waals surface area contributed by atoms with Gasteiger partial charge in [-0.15, -0.1) is 0 Å². The van der Waals surface area contributed by atoms with Crippen molar-refractivity contribution in [1.29, 1.82) is 0 Å². The first-order valence-corrected chi connectivity index (χ1v) is 7.62. The molecule has 19 heavy (non-hydrogen) atoms. The highest BCUT2D eigenvalue weighted by Crippen LogP contribution is 2.41. The lowest BCUT2D eigenvalue weighted by molar-refractivity contribution is 0.0857. The van der Waals surface area contributed by atoms with Gasteiger partial charge in [-0.1, -0.05) is 6.92 Å².